The van der Waals surface area contributed by atoms with Crippen LogP contribution in [0.2, 0.25) is 0 Å². The summed E-state index contributed by atoms with van der Waals surface area (Å²) in [5.41, 5.74) is 4.38. The molecule has 1 saturated heterocycles. The first-order valence-corrected chi connectivity index (χ1v) is 13.5. The second-order valence-corrected chi connectivity index (χ2v) is 11.0. The van der Waals surface area contributed by atoms with Crippen LogP contribution in [-0.4, -0.2) is 36.0 Å². The predicted octanol–water partition coefficient (Wildman–Crippen LogP) is 6.69. The van der Waals surface area contributed by atoms with Crippen LogP contribution in [0.4, 0.5) is 0 Å². The van der Waals surface area contributed by atoms with Gasteiger partial charge in [-0.05, 0) is 72.7 Å². The number of hydrogen-bond acceptors (Lipinski definition) is 5. The van der Waals surface area contributed by atoms with E-state index in [2.05, 4.69) is 41.4 Å². The Bertz CT molecular complexity index is 1210. The Morgan fingerprint density at radius 2 is 1.71 bits per heavy atom. The maximum atomic E-state index is 13.0. The van der Waals surface area contributed by atoms with Crippen LogP contribution < -0.4 is 4.74 Å². The third-order valence-corrected chi connectivity index (χ3v) is 8.67. The Labute approximate surface area is 209 Å². The summed E-state index contributed by atoms with van der Waals surface area (Å²) in [6, 6.07) is 24.7. The molecule has 1 amide bonds. The molecule has 0 radical (unpaired) electrons. The van der Waals surface area contributed by atoms with Crippen LogP contribution >= 0.6 is 23.1 Å². The zero-order chi connectivity index (χ0) is 23.3. The quantitative estimate of drug-likeness (QED) is 0.272. The molecule has 4 aromatic rings. The van der Waals surface area contributed by atoms with Crippen molar-refractivity contribution >= 4 is 39.2 Å². The zero-order valence-corrected chi connectivity index (χ0v) is 20.9. The van der Waals surface area contributed by atoms with Crippen molar-refractivity contribution in [1.82, 2.24) is 9.88 Å². The molecule has 174 valence electrons. The third-order valence-electron chi connectivity index (χ3n) is 6.42. The van der Waals surface area contributed by atoms with Gasteiger partial charge in [-0.15, -0.1) is 11.3 Å². The van der Waals surface area contributed by atoms with Crippen molar-refractivity contribution < 1.29 is 9.53 Å². The molecule has 34 heavy (non-hydrogen) atoms. The van der Waals surface area contributed by atoms with Gasteiger partial charge in [0.25, 0.3) is 5.91 Å². The first kappa shape index (κ1) is 22.9. The predicted molar refractivity (Wildman–Crippen MR) is 141 cm³/mol. The lowest BCUT2D eigenvalue weighted by atomic mass is 9.90. The first-order chi connectivity index (χ1) is 16.7. The minimum absolute atomic E-state index is 0.147. The van der Waals surface area contributed by atoms with Gasteiger partial charge in [0, 0.05) is 24.4 Å². The minimum atomic E-state index is 0.147. The molecule has 0 aliphatic carbocycles. The molecule has 3 aromatic carbocycles. The number of piperidine rings is 1. The highest BCUT2D eigenvalue weighted by Gasteiger charge is 2.23. The maximum Gasteiger partial charge on any atom is 0.253 e. The number of nitrogens with zero attached hydrogens (tertiary/aromatic N) is 2. The molecule has 2 heterocycles. The van der Waals surface area contributed by atoms with Gasteiger partial charge in [-0.3, -0.25) is 4.79 Å². The molecule has 4 nitrogen and oxygen atoms in total. The van der Waals surface area contributed by atoms with Crippen LogP contribution in [0.15, 0.2) is 77.1 Å². The molecular weight excluding hydrogens is 460 g/mol. The second kappa shape index (κ2) is 10.6. The fourth-order valence-corrected chi connectivity index (χ4v) is 6.44. The molecule has 0 unspecified atom stereocenters. The summed E-state index contributed by atoms with van der Waals surface area (Å²) in [5, 5.41) is 0. The van der Waals surface area contributed by atoms with Crippen LogP contribution in [0.25, 0.3) is 10.2 Å². The first-order valence-electron chi connectivity index (χ1n) is 11.7. The number of hydrogen-bond donors (Lipinski definition) is 0. The van der Waals surface area contributed by atoms with Crippen molar-refractivity contribution in [3.05, 3.63) is 89.5 Å². The highest BCUT2D eigenvalue weighted by atomic mass is 32.2. The van der Waals surface area contributed by atoms with Crippen LogP contribution in [-0.2, 0) is 12.2 Å². The molecule has 1 aromatic heterocycles. The van der Waals surface area contributed by atoms with E-state index in [1.165, 1.54) is 15.8 Å². The highest BCUT2D eigenvalue weighted by molar-refractivity contribution is 8.00. The van der Waals surface area contributed by atoms with Crippen LogP contribution in [0, 0.1) is 5.92 Å². The summed E-state index contributed by atoms with van der Waals surface area (Å²) >= 11 is 3.48. The van der Waals surface area contributed by atoms with Crippen LogP contribution in [0.5, 0.6) is 5.75 Å². The van der Waals surface area contributed by atoms with Crippen molar-refractivity contribution in [3.8, 4) is 5.75 Å². The second-order valence-electron chi connectivity index (χ2n) is 8.72. The summed E-state index contributed by atoms with van der Waals surface area (Å²) in [6.07, 6.45) is 3.16. The normalized spacial score (nSPS) is 14.4. The van der Waals surface area contributed by atoms with E-state index in [0.29, 0.717) is 5.92 Å². The number of methoxy groups -OCH3 is 1. The van der Waals surface area contributed by atoms with Gasteiger partial charge in [-0.25, -0.2) is 4.98 Å². The van der Waals surface area contributed by atoms with Crippen molar-refractivity contribution in [2.45, 2.75) is 29.4 Å². The van der Waals surface area contributed by atoms with E-state index < -0.39 is 0 Å². The Kier molecular flexibility index (Phi) is 7.16. The van der Waals surface area contributed by atoms with E-state index in [-0.39, 0.29) is 5.91 Å². The van der Waals surface area contributed by atoms with Crippen molar-refractivity contribution in [1.29, 1.82) is 0 Å². The molecule has 0 bridgehead atoms. The minimum Gasteiger partial charge on any atom is -0.497 e. The van der Waals surface area contributed by atoms with Crippen molar-refractivity contribution in [2.24, 2.45) is 5.92 Å². The lowest BCUT2D eigenvalue weighted by molar-refractivity contribution is 0.0690. The van der Waals surface area contributed by atoms with E-state index in [0.717, 1.165) is 59.3 Å². The number of benzene rings is 3. The number of likely N-dealkylation sites (tertiary alicyclic amines) is 1. The number of carbonyl (C=O) groups excluding carboxylic acids is 1. The van der Waals surface area contributed by atoms with Gasteiger partial charge in [0.05, 0.1) is 17.3 Å². The number of thiazole rings is 1. The summed E-state index contributed by atoms with van der Waals surface area (Å²) < 4.78 is 7.55. The average molecular weight is 489 g/mol. The summed E-state index contributed by atoms with van der Waals surface area (Å²) in [5.74, 6) is 2.52. The average Bonchev–Trinajstić information content (AvgIpc) is 3.31. The van der Waals surface area contributed by atoms with Gasteiger partial charge in [0.1, 0.15) is 5.75 Å². The van der Waals surface area contributed by atoms with Gasteiger partial charge >= 0.3 is 0 Å². The number of fused-ring (bicyclic) bond motifs is 1. The number of ether oxygens (including phenoxy) is 1. The molecule has 1 aliphatic rings. The van der Waals surface area contributed by atoms with Gasteiger partial charge in [0.2, 0.25) is 0 Å². The van der Waals surface area contributed by atoms with E-state index in [1.54, 1.807) is 30.2 Å². The van der Waals surface area contributed by atoms with Crippen molar-refractivity contribution in [2.75, 3.05) is 20.2 Å². The molecule has 0 saturated carbocycles. The molecule has 0 N–H and O–H groups in total. The lowest BCUT2D eigenvalue weighted by Gasteiger charge is -2.32. The summed E-state index contributed by atoms with van der Waals surface area (Å²) in [7, 11) is 1.69. The molecule has 1 aliphatic heterocycles. The number of para-hydroxylation sites is 1. The number of thioether (sulfide) groups is 1. The molecule has 1 fully saturated rings. The van der Waals surface area contributed by atoms with E-state index in [9.17, 15) is 4.79 Å². The summed E-state index contributed by atoms with van der Waals surface area (Å²) in [6.45, 7) is 1.66. The SMILES string of the molecule is COc1ccc(CC2CCN(C(=O)c3ccc(CSc4nc5ccccc5s4)cc3)CC2)cc1. The van der Waals surface area contributed by atoms with E-state index >= 15 is 0 Å². The fraction of sp³-hybridized carbons (Fsp3) is 0.286. The molecular formula is C28H28N2O2S2. The van der Waals surface area contributed by atoms with Gasteiger partial charge in [-0.1, -0.05) is 48.2 Å². The standard InChI is InChI=1S/C28H28N2O2S2/c1-32-24-12-8-20(9-13-24)18-21-14-16-30(17-15-21)27(31)23-10-6-22(7-11-23)19-33-28-29-25-4-2-3-5-26(25)34-28/h2-13,21H,14-19H2,1H3. The smallest absolute Gasteiger partial charge is 0.253 e. The number of carbonyl (C=O) groups is 1. The molecule has 0 spiro atoms. The lowest BCUT2D eigenvalue weighted by Crippen LogP contribution is -2.38. The highest BCUT2D eigenvalue weighted by Crippen LogP contribution is 2.31. The monoisotopic (exact) mass is 488 g/mol. The molecule has 0 atom stereocenters. The Hall–Kier alpha value is -2.83. The molecule has 6 heteroatoms. The van der Waals surface area contributed by atoms with E-state index in [1.807, 2.05) is 41.3 Å². The van der Waals surface area contributed by atoms with Crippen molar-refractivity contribution in [3.63, 3.8) is 0 Å². The topological polar surface area (TPSA) is 42.4 Å². The fourth-order valence-electron chi connectivity index (χ4n) is 4.42. The van der Waals surface area contributed by atoms with E-state index in [4.69, 9.17) is 4.74 Å². The summed E-state index contributed by atoms with van der Waals surface area (Å²) in [4.78, 5) is 19.7. The molecule has 5 rings (SSSR count). The zero-order valence-electron chi connectivity index (χ0n) is 19.3. The Morgan fingerprint density at radius 3 is 2.41 bits per heavy atom. The van der Waals surface area contributed by atoms with Crippen LogP contribution in [0.3, 0.4) is 0 Å². The van der Waals surface area contributed by atoms with Crippen LogP contribution in [0.1, 0.15) is 34.3 Å². The van der Waals surface area contributed by atoms with Gasteiger partial charge in [0.15, 0.2) is 4.34 Å². The Morgan fingerprint density at radius 1 is 1.00 bits per heavy atom. The third kappa shape index (κ3) is 5.45. The van der Waals surface area contributed by atoms with Gasteiger partial charge in [-0.2, -0.15) is 0 Å². The Balaban J connectivity index is 1.11. The van der Waals surface area contributed by atoms with Gasteiger partial charge < -0.3 is 9.64 Å². The maximum absolute atomic E-state index is 13.0. The number of rotatable bonds is 7. The number of amides is 1. The largest absolute Gasteiger partial charge is 0.497 e. The number of aromatic nitrogens is 1.